The molecule has 0 fully saturated rings. The summed E-state index contributed by atoms with van der Waals surface area (Å²) < 4.78 is 0. The fourth-order valence-electron chi connectivity index (χ4n) is 4.20. The van der Waals surface area contributed by atoms with Gasteiger partial charge in [0.25, 0.3) is 0 Å². The molecule has 30 heavy (non-hydrogen) atoms. The Morgan fingerprint density at radius 2 is 1.40 bits per heavy atom. The Labute approximate surface area is 174 Å². The summed E-state index contributed by atoms with van der Waals surface area (Å²) >= 11 is 0. The summed E-state index contributed by atoms with van der Waals surface area (Å²) in [6.07, 6.45) is 4.35. The van der Waals surface area contributed by atoms with Gasteiger partial charge in [-0.1, -0.05) is 66.7 Å². The number of fused-ring (bicyclic) bond motifs is 2. The SMILES string of the molecule is O=C(Cc1c[nH]c2ccccc12)NC[C@@H](c1ccccc1)c1c[nH]c2ccccc12. The van der Waals surface area contributed by atoms with E-state index >= 15 is 0 Å². The molecule has 0 saturated carbocycles. The van der Waals surface area contributed by atoms with Gasteiger partial charge in [-0.2, -0.15) is 0 Å². The van der Waals surface area contributed by atoms with Gasteiger partial charge in [-0.3, -0.25) is 4.79 Å². The maximum atomic E-state index is 12.8. The maximum Gasteiger partial charge on any atom is 0.224 e. The highest BCUT2D eigenvalue weighted by Crippen LogP contribution is 2.30. The van der Waals surface area contributed by atoms with Crippen LogP contribution < -0.4 is 5.32 Å². The number of hydrogen-bond acceptors (Lipinski definition) is 1. The first-order valence-corrected chi connectivity index (χ1v) is 10.2. The standard InChI is InChI=1S/C26H23N3O/c30-26(14-19-15-27-24-12-6-4-10-20(19)24)29-16-22(18-8-2-1-3-9-18)23-17-28-25-13-7-5-11-21(23)25/h1-13,15,17,22,27-28H,14,16H2,(H,29,30)/t22-/m0/s1. The summed E-state index contributed by atoms with van der Waals surface area (Å²) in [5.74, 6) is 0.106. The number of nitrogens with one attached hydrogen (secondary N) is 3. The highest BCUT2D eigenvalue weighted by atomic mass is 16.1. The van der Waals surface area contributed by atoms with Crippen molar-refractivity contribution in [2.45, 2.75) is 12.3 Å². The van der Waals surface area contributed by atoms with Crippen LogP contribution in [0.25, 0.3) is 21.8 Å². The van der Waals surface area contributed by atoms with Gasteiger partial charge in [-0.05, 0) is 28.8 Å². The average Bonchev–Trinajstić information content (AvgIpc) is 3.40. The van der Waals surface area contributed by atoms with Crippen LogP contribution in [-0.2, 0) is 11.2 Å². The van der Waals surface area contributed by atoms with E-state index in [1.165, 1.54) is 16.5 Å². The molecule has 5 aromatic rings. The highest BCUT2D eigenvalue weighted by molar-refractivity contribution is 5.89. The third-order valence-electron chi connectivity index (χ3n) is 5.73. The molecule has 1 amide bonds. The van der Waals surface area contributed by atoms with Crippen LogP contribution >= 0.6 is 0 Å². The van der Waals surface area contributed by atoms with Crippen LogP contribution in [0, 0.1) is 0 Å². The second-order valence-corrected chi connectivity index (χ2v) is 7.59. The van der Waals surface area contributed by atoms with Gasteiger partial charge in [-0.15, -0.1) is 0 Å². The Morgan fingerprint density at radius 3 is 2.20 bits per heavy atom. The van der Waals surface area contributed by atoms with Gasteiger partial charge < -0.3 is 15.3 Å². The van der Waals surface area contributed by atoms with Crippen molar-refractivity contribution >= 4 is 27.7 Å². The second kappa shape index (κ2) is 7.91. The van der Waals surface area contributed by atoms with Crippen LogP contribution in [0.1, 0.15) is 22.6 Å². The van der Waals surface area contributed by atoms with E-state index < -0.39 is 0 Å². The first kappa shape index (κ1) is 18.3. The number of rotatable bonds is 6. The molecular weight excluding hydrogens is 370 g/mol. The average molecular weight is 393 g/mol. The molecule has 4 nitrogen and oxygen atoms in total. The molecule has 5 rings (SSSR count). The lowest BCUT2D eigenvalue weighted by molar-refractivity contribution is -0.120. The molecule has 0 radical (unpaired) electrons. The number of amides is 1. The van der Waals surface area contributed by atoms with Crippen molar-refractivity contribution in [3.63, 3.8) is 0 Å². The molecule has 0 aliphatic rings. The van der Waals surface area contributed by atoms with E-state index in [-0.39, 0.29) is 11.8 Å². The summed E-state index contributed by atoms with van der Waals surface area (Å²) in [7, 11) is 0. The first-order chi connectivity index (χ1) is 14.8. The van der Waals surface area contributed by atoms with Gasteiger partial charge in [-0.25, -0.2) is 0 Å². The minimum absolute atomic E-state index is 0.0283. The van der Waals surface area contributed by atoms with E-state index in [4.69, 9.17) is 0 Å². The third-order valence-corrected chi connectivity index (χ3v) is 5.73. The van der Waals surface area contributed by atoms with Gasteiger partial charge >= 0.3 is 0 Å². The molecule has 0 bridgehead atoms. The molecule has 3 aromatic carbocycles. The molecule has 0 spiro atoms. The van der Waals surface area contributed by atoms with Crippen molar-refractivity contribution in [2.24, 2.45) is 0 Å². The number of carbonyl (C=O) groups excluding carboxylic acids is 1. The van der Waals surface area contributed by atoms with Crippen LogP contribution in [0.4, 0.5) is 0 Å². The predicted molar refractivity (Wildman–Crippen MR) is 122 cm³/mol. The van der Waals surface area contributed by atoms with Crippen molar-refractivity contribution in [2.75, 3.05) is 6.54 Å². The normalized spacial score (nSPS) is 12.3. The molecular formula is C26H23N3O. The fourth-order valence-corrected chi connectivity index (χ4v) is 4.20. The molecule has 3 N–H and O–H groups in total. The van der Waals surface area contributed by atoms with Gasteiger partial charge in [0.15, 0.2) is 0 Å². The van der Waals surface area contributed by atoms with Gasteiger partial charge in [0, 0.05) is 46.7 Å². The van der Waals surface area contributed by atoms with Crippen LogP contribution in [0.3, 0.4) is 0 Å². The van der Waals surface area contributed by atoms with E-state index in [9.17, 15) is 4.79 Å². The number of H-pyrrole nitrogens is 2. The molecule has 148 valence electrons. The molecule has 2 heterocycles. The van der Waals surface area contributed by atoms with Crippen molar-refractivity contribution in [3.8, 4) is 0 Å². The Bertz CT molecular complexity index is 1300. The number of benzene rings is 3. The van der Waals surface area contributed by atoms with E-state index in [2.05, 4.69) is 51.8 Å². The lowest BCUT2D eigenvalue weighted by Gasteiger charge is -2.18. The van der Waals surface area contributed by atoms with Crippen LogP contribution in [0.15, 0.2) is 91.3 Å². The molecule has 0 unspecified atom stereocenters. The van der Waals surface area contributed by atoms with Crippen molar-refractivity contribution in [3.05, 3.63) is 108 Å². The molecule has 2 aromatic heterocycles. The van der Waals surface area contributed by atoms with E-state index in [1.54, 1.807) is 0 Å². The zero-order valence-electron chi connectivity index (χ0n) is 16.6. The zero-order chi connectivity index (χ0) is 20.3. The van der Waals surface area contributed by atoms with Gasteiger partial charge in [0.2, 0.25) is 5.91 Å². The molecule has 0 saturated heterocycles. The number of carbonyl (C=O) groups is 1. The monoisotopic (exact) mass is 393 g/mol. The van der Waals surface area contributed by atoms with Crippen LogP contribution in [0.5, 0.6) is 0 Å². The lowest BCUT2D eigenvalue weighted by Crippen LogP contribution is -2.30. The minimum Gasteiger partial charge on any atom is -0.361 e. The summed E-state index contributed by atoms with van der Waals surface area (Å²) in [5.41, 5.74) is 5.57. The van der Waals surface area contributed by atoms with E-state index in [1.807, 2.05) is 54.7 Å². The van der Waals surface area contributed by atoms with Gasteiger partial charge in [0.05, 0.1) is 6.42 Å². The van der Waals surface area contributed by atoms with Crippen LogP contribution in [0.2, 0.25) is 0 Å². The predicted octanol–water partition coefficient (Wildman–Crippen LogP) is 5.14. The lowest BCUT2D eigenvalue weighted by atomic mass is 9.91. The number of para-hydroxylation sites is 2. The molecule has 4 heteroatoms. The third kappa shape index (κ3) is 3.48. The van der Waals surface area contributed by atoms with Crippen LogP contribution in [-0.4, -0.2) is 22.4 Å². The summed E-state index contributed by atoms with van der Waals surface area (Å²) in [4.78, 5) is 19.4. The molecule has 0 aliphatic carbocycles. The summed E-state index contributed by atoms with van der Waals surface area (Å²) in [6, 6.07) is 26.7. The Hall–Kier alpha value is -3.79. The van der Waals surface area contributed by atoms with Crippen molar-refractivity contribution < 1.29 is 4.79 Å². The smallest absolute Gasteiger partial charge is 0.224 e. The highest BCUT2D eigenvalue weighted by Gasteiger charge is 2.19. The Kier molecular flexibility index (Phi) is 4.81. The molecule has 0 aliphatic heterocycles. The first-order valence-electron chi connectivity index (χ1n) is 10.2. The van der Waals surface area contributed by atoms with E-state index in [0.717, 1.165) is 22.0 Å². The fraction of sp³-hybridized carbons (Fsp3) is 0.115. The van der Waals surface area contributed by atoms with Gasteiger partial charge in [0.1, 0.15) is 0 Å². The largest absolute Gasteiger partial charge is 0.361 e. The van der Waals surface area contributed by atoms with Crippen molar-refractivity contribution in [1.29, 1.82) is 0 Å². The van der Waals surface area contributed by atoms with E-state index in [0.29, 0.717) is 13.0 Å². The topological polar surface area (TPSA) is 60.7 Å². The number of hydrogen-bond donors (Lipinski definition) is 3. The minimum atomic E-state index is 0.0283. The molecule has 1 atom stereocenters. The summed E-state index contributed by atoms with van der Waals surface area (Å²) in [6.45, 7) is 0.549. The number of aromatic nitrogens is 2. The second-order valence-electron chi connectivity index (χ2n) is 7.59. The maximum absolute atomic E-state index is 12.8. The Balaban J connectivity index is 1.38. The zero-order valence-corrected chi connectivity index (χ0v) is 16.6. The summed E-state index contributed by atoms with van der Waals surface area (Å²) in [5, 5.41) is 5.46. The Morgan fingerprint density at radius 1 is 0.767 bits per heavy atom. The number of aromatic amines is 2. The van der Waals surface area contributed by atoms with Crippen molar-refractivity contribution in [1.82, 2.24) is 15.3 Å². The quantitative estimate of drug-likeness (QED) is 0.367.